The predicted octanol–water partition coefficient (Wildman–Crippen LogP) is 2.08. The van der Waals surface area contributed by atoms with E-state index >= 15 is 0 Å². The van der Waals surface area contributed by atoms with Crippen molar-refractivity contribution in [3.05, 3.63) is 35.9 Å². The predicted molar refractivity (Wildman–Crippen MR) is 75.5 cm³/mol. The van der Waals surface area contributed by atoms with Crippen LogP contribution in [0.3, 0.4) is 0 Å². The molecule has 2 fully saturated rings. The van der Waals surface area contributed by atoms with Crippen LogP contribution in [0.2, 0.25) is 0 Å². The molecule has 0 radical (unpaired) electrons. The molecule has 1 amide bonds. The van der Waals surface area contributed by atoms with E-state index in [1.54, 1.807) is 0 Å². The zero-order valence-electron chi connectivity index (χ0n) is 11.3. The number of carbonyl (C=O) groups excluding carboxylic acids is 1. The number of hydrogen-bond donors (Lipinski definition) is 2. The topological polar surface area (TPSA) is 41.1 Å². The molecule has 2 N–H and O–H groups in total. The van der Waals surface area contributed by atoms with Crippen LogP contribution in [-0.4, -0.2) is 18.5 Å². The van der Waals surface area contributed by atoms with Gasteiger partial charge >= 0.3 is 0 Å². The van der Waals surface area contributed by atoms with Gasteiger partial charge in [0.25, 0.3) is 0 Å². The molecule has 1 aromatic rings. The average Bonchev–Trinajstić information content (AvgIpc) is 2.93. The van der Waals surface area contributed by atoms with Crippen LogP contribution in [0, 0.1) is 11.8 Å². The van der Waals surface area contributed by atoms with E-state index in [1.807, 2.05) is 18.2 Å². The van der Waals surface area contributed by atoms with Crippen molar-refractivity contribution in [2.45, 2.75) is 38.3 Å². The number of amides is 1. The zero-order valence-corrected chi connectivity index (χ0v) is 11.3. The van der Waals surface area contributed by atoms with Crippen LogP contribution in [0.4, 0.5) is 0 Å². The van der Waals surface area contributed by atoms with Gasteiger partial charge in [-0.05, 0) is 43.7 Å². The van der Waals surface area contributed by atoms with Gasteiger partial charge in [0.05, 0.1) is 0 Å². The van der Waals surface area contributed by atoms with Gasteiger partial charge in [0.15, 0.2) is 0 Å². The second-order valence-electron chi connectivity index (χ2n) is 5.82. The third-order valence-electron chi connectivity index (χ3n) is 4.60. The summed E-state index contributed by atoms with van der Waals surface area (Å²) in [6, 6.07) is 10.7. The first-order valence-electron chi connectivity index (χ1n) is 7.38. The van der Waals surface area contributed by atoms with Crippen LogP contribution >= 0.6 is 0 Å². The summed E-state index contributed by atoms with van der Waals surface area (Å²) >= 11 is 0. The molecular formula is C16H22N2O. The van der Waals surface area contributed by atoms with Gasteiger partial charge in [-0.1, -0.05) is 30.3 Å². The highest BCUT2D eigenvalue weighted by atomic mass is 16.1. The highest BCUT2D eigenvalue weighted by molar-refractivity contribution is 5.78. The first kappa shape index (κ1) is 12.7. The molecule has 1 heterocycles. The van der Waals surface area contributed by atoms with Crippen LogP contribution in [0.25, 0.3) is 0 Å². The van der Waals surface area contributed by atoms with Gasteiger partial charge < -0.3 is 10.6 Å². The number of nitrogens with one attached hydrogen (secondary N) is 2. The van der Waals surface area contributed by atoms with Crippen LogP contribution in [0.15, 0.2) is 30.3 Å². The minimum atomic E-state index is 0.204. The Balaban J connectivity index is 1.50. The molecule has 1 saturated heterocycles. The van der Waals surface area contributed by atoms with E-state index in [0.29, 0.717) is 12.6 Å². The van der Waals surface area contributed by atoms with Crippen molar-refractivity contribution >= 4 is 5.91 Å². The number of fused-ring (bicyclic) bond motifs is 1. The van der Waals surface area contributed by atoms with Gasteiger partial charge in [-0.25, -0.2) is 0 Å². The van der Waals surface area contributed by atoms with Gasteiger partial charge in [0.1, 0.15) is 0 Å². The van der Waals surface area contributed by atoms with E-state index in [-0.39, 0.29) is 11.8 Å². The van der Waals surface area contributed by atoms with Gasteiger partial charge in [-0.3, -0.25) is 4.79 Å². The lowest BCUT2D eigenvalue weighted by atomic mass is 9.78. The first-order chi connectivity index (χ1) is 9.33. The van der Waals surface area contributed by atoms with Crippen molar-refractivity contribution in [3.63, 3.8) is 0 Å². The third-order valence-corrected chi connectivity index (χ3v) is 4.60. The minimum absolute atomic E-state index is 0.204. The molecule has 3 rings (SSSR count). The quantitative estimate of drug-likeness (QED) is 0.871. The minimum Gasteiger partial charge on any atom is -0.352 e. The van der Waals surface area contributed by atoms with Gasteiger partial charge in [-0.15, -0.1) is 0 Å². The molecule has 0 spiro atoms. The molecule has 0 bridgehead atoms. The summed E-state index contributed by atoms with van der Waals surface area (Å²) in [5, 5.41) is 6.62. The van der Waals surface area contributed by atoms with Gasteiger partial charge in [0.2, 0.25) is 5.91 Å². The lowest BCUT2D eigenvalue weighted by Crippen LogP contribution is -2.40. The number of benzene rings is 1. The Bertz CT molecular complexity index is 432. The molecule has 3 atom stereocenters. The molecule has 2 aliphatic rings. The van der Waals surface area contributed by atoms with Crippen molar-refractivity contribution in [2.24, 2.45) is 11.8 Å². The fraction of sp³-hybridized carbons (Fsp3) is 0.562. The molecule has 3 nitrogen and oxygen atoms in total. The number of rotatable bonds is 3. The van der Waals surface area contributed by atoms with E-state index < -0.39 is 0 Å². The Kier molecular flexibility index (Phi) is 3.83. The Hall–Kier alpha value is -1.35. The molecule has 102 valence electrons. The summed E-state index contributed by atoms with van der Waals surface area (Å²) < 4.78 is 0. The molecule has 1 aliphatic carbocycles. The van der Waals surface area contributed by atoms with E-state index in [9.17, 15) is 4.79 Å². The van der Waals surface area contributed by atoms with Crippen molar-refractivity contribution < 1.29 is 4.79 Å². The summed E-state index contributed by atoms with van der Waals surface area (Å²) in [6.07, 6.45) is 4.58. The monoisotopic (exact) mass is 258 g/mol. The Labute approximate surface area is 114 Å². The van der Waals surface area contributed by atoms with Crippen LogP contribution in [-0.2, 0) is 11.3 Å². The summed E-state index contributed by atoms with van der Waals surface area (Å²) in [6.45, 7) is 1.78. The smallest absolute Gasteiger partial charge is 0.223 e. The molecule has 0 aromatic heterocycles. The maximum Gasteiger partial charge on any atom is 0.223 e. The van der Waals surface area contributed by atoms with Crippen molar-refractivity contribution in [3.8, 4) is 0 Å². The number of carbonyl (C=O) groups is 1. The summed E-state index contributed by atoms with van der Waals surface area (Å²) in [5.74, 6) is 1.25. The highest BCUT2D eigenvalue weighted by Crippen LogP contribution is 2.34. The maximum absolute atomic E-state index is 12.2. The second kappa shape index (κ2) is 5.74. The third kappa shape index (κ3) is 2.98. The molecular weight excluding hydrogens is 236 g/mol. The molecule has 1 aromatic carbocycles. The Morgan fingerprint density at radius 1 is 1.21 bits per heavy atom. The van der Waals surface area contributed by atoms with Crippen molar-refractivity contribution in [1.82, 2.24) is 10.6 Å². The Morgan fingerprint density at radius 2 is 2.05 bits per heavy atom. The number of hydrogen-bond acceptors (Lipinski definition) is 2. The SMILES string of the molecule is O=C(NCc1ccccc1)C1CCC2CCNC2C1. The average molecular weight is 258 g/mol. The molecule has 3 unspecified atom stereocenters. The van der Waals surface area contributed by atoms with Gasteiger partial charge in [-0.2, -0.15) is 0 Å². The van der Waals surface area contributed by atoms with E-state index in [0.717, 1.165) is 25.3 Å². The highest BCUT2D eigenvalue weighted by Gasteiger charge is 2.36. The van der Waals surface area contributed by atoms with Gasteiger partial charge in [0, 0.05) is 18.5 Å². The zero-order chi connectivity index (χ0) is 13.1. The molecule has 1 aliphatic heterocycles. The standard InChI is InChI=1S/C16H22N2O/c19-16(18-11-12-4-2-1-3-5-12)14-7-6-13-8-9-17-15(13)10-14/h1-5,13-15,17H,6-11H2,(H,18,19). The lowest BCUT2D eigenvalue weighted by Gasteiger charge is -2.30. The van der Waals surface area contributed by atoms with Crippen LogP contribution in [0.5, 0.6) is 0 Å². The van der Waals surface area contributed by atoms with Crippen LogP contribution in [0.1, 0.15) is 31.2 Å². The molecule has 3 heteroatoms. The van der Waals surface area contributed by atoms with E-state index in [1.165, 1.54) is 18.4 Å². The van der Waals surface area contributed by atoms with Crippen molar-refractivity contribution in [1.29, 1.82) is 0 Å². The fourth-order valence-electron chi connectivity index (χ4n) is 3.45. The van der Waals surface area contributed by atoms with Crippen LogP contribution < -0.4 is 10.6 Å². The van der Waals surface area contributed by atoms with E-state index in [2.05, 4.69) is 22.8 Å². The maximum atomic E-state index is 12.2. The van der Waals surface area contributed by atoms with Crippen molar-refractivity contribution in [2.75, 3.05) is 6.54 Å². The molecule has 19 heavy (non-hydrogen) atoms. The van der Waals surface area contributed by atoms with E-state index in [4.69, 9.17) is 0 Å². The summed E-state index contributed by atoms with van der Waals surface area (Å²) in [7, 11) is 0. The first-order valence-corrected chi connectivity index (χ1v) is 7.38. The normalized spacial score (nSPS) is 29.8. The Morgan fingerprint density at radius 3 is 2.89 bits per heavy atom. The summed E-state index contributed by atoms with van der Waals surface area (Å²) in [4.78, 5) is 12.2. The largest absolute Gasteiger partial charge is 0.352 e. The summed E-state index contributed by atoms with van der Waals surface area (Å²) in [5.41, 5.74) is 1.17. The fourth-order valence-corrected chi connectivity index (χ4v) is 3.45. The lowest BCUT2D eigenvalue weighted by molar-refractivity contribution is -0.126. The molecule has 1 saturated carbocycles. The second-order valence-corrected chi connectivity index (χ2v) is 5.82.